The molecule has 98 valence electrons. The zero-order valence-electron chi connectivity index (χ0n) is 10.9. The first-order valence-corrected chi connectivity index (χ1v) is 6.10. The molecule has 0 atom stereocenters. The van der Waals surface area contributed by atoms with Crippen molar-refractivity contribution in [3.05, 3.63) is 29.8 Å². The standard InChI is InChI=1S/C14H19NO3/c1-17-9-13(16)15-10-14(7-8-14)11-3-5-12(18-2)6-4-11/h3-6H,7-10H2,1-2H3,(H,15,16). The molecule has 4 heteroatoms. The van der Waals surface area contributed by atoms with Crippen LogP contribution in [-0.4, -0.2) is 33.3 Å². The molecule has 0 radical (unpaired) electrons. The SMILES string of the molecule is COCC(=O)NCC1(c2ccc(OC)cc2)CC1. The zero-order chi connectivity index (χ0) is 13.0. The van der Waals surface area contributed by atoms with Crippen LogP contribution in [0, 0.1) is 0 Å². The Hall–Kier alpha value is -1.55. The Morgan fingerprint density at radius 2 is 1.94 bits per heavy atom. The molecule has 1 fully saturated rings. The van der Waals surface area contributed by atoms with Crippen molar-refractivity contribution in [3.8, 4) is 5.75 Å². The monoisotopic (exact) mass is 249 g/mol. The van der Waals surface area contributed by atoms with E-state index >= 15 is 0 Å². The summed E-state index contributed by atoms with van der Waals surface area (Å²) < 4.78 is 9.94. The summed E-state index contributed by atoms with van der Waals surface area (Å²) in [6, 6.07) is 8.08. The van der Waals surface area contributed by atoms with Crippen molar-refractivity contribution < 1.29 is 14.3 Å². The van der Waals surface area contributed by atoms with Gasteiger partial charge in [0.1, 0.15) is 12.4 Å². The van der Waals surface area contributed by atoms with E-state index in [9.17, 15) is 4.79 Å². The summed E-state index contributed by atoms with van der Waals surface area (Å²) in [5.74, 6) is 0.801. The molecular formula is C14H19NO3. The molecule has 1 N–H and O–H groups in total. The Morgan fingerprint density at radius 3 is 2.44 bits per heavy atom. The summed E-state index contributed by atoms with van der Waals surface area (Å²) in [6.07, 6.45) is 2.24. The topological polar surface area (TPSA) is 47.6 Å². The van der Waals surface area contributed by atoms with Gasteiger partial charge >= 0.3 is 0 Å². The Kier molecular flexibility index (Phi) is 3.87. The third-order valence-corrected chi connectivity index (χ3v) is 3.46. The van der Waals surface area contributed by atoms with E-state index in [0.29, 0.717) is 6.54 Å². The molecule has 0 saturated heterocycles. The van der Waals surface area contributed by atoms with Crippen molar-refractivity contribution in [2.75, 3.05) is 27.4 Å². The first kappa shape index (κ1) is 12.9. The minimum absolute atomic E-state index is 0.0581. The number of benzene rings is 1. The molecule has 18 heavy (non-hydrogen) atoms. The van der Waals surface area contributed by atoms with Gasteiger partial charge in [-0.2, -0.15) is 0 Å². The summed E-state index contributed by atoms with van der Waals surface area (Å²) in [6.45, 7) is 0.806. The van der Waals surface area contributed by atoms with Crippen molar-refractivity contribution in [2.24, 2.45) is 0 Å². The first-order valence-electron chi connectivity index (χ1n) is 6.10. The quantitative estimate of drug-likeness (QED) is 0.831. The second-order valence-corrected chi connectivity index (χ2v) is 4.72. The van der Waals surface area contributed by atoms with E-state index in [1.165, 1.54) is 12.7 Å². The molecule has 1 aromatic carbocycles. The van der Waals surface area contributed by atoms with Crippen LogP contribution in [0.2, 0.25) is 0 Å². The number of rotatable bonds is 6. The summed E-state index contributed by atoms with van der Waals surface area (Å²) in [5, 5.41) is 2.92. The molecule has 1 amide bonds. The maximum absolute atomic E-state index is 11.4. The van der Waals surface area contributed by atoms with Crippen molar-refractivity contribution in [1.82, 2.24) is 5.32 Å². The van der Waals surface area contributed by atoms with E-state index in [0.717, 1.165) is 18.6 Å². The number of methoxy groups -OCH3 is 2. The molecule has 0 spiro atoms. The van der Waals surface area contributed by atoms with Crippen LogP contribution in [0.25, 0.3) is 0 Å². The fourth-order valence-electron chi connectivity index (χ4n) is 2.11. The van der Waals surface area contributed by atoms with Gasteiger partial charge in [0, 0.05) is 19.1 Å². The van der Waals surface area contributed by atoms with Crippen LogP contribution in [0.4, 0.5) is 0 Å². The highest BCUT2D eigenvalue weighted by Crippen LogP contribution is 2.47. The van der Waals surface area contributed by atoms with Crippen LogP contribution in [0.5, 0.6) is 5.75 Å². The van der Waals surface area contributed by atoms with Gasteiger partial charge in [-0.15, -0.1) is 0 Å². The lowest BCUT2D eigenvalue weighted by Gasteiger charge is -2.16. The smallest absolute Gasteiger partial charge is 0.246 e. The Bertz CT molecular complexity index is 410. The predicted molar refractivity (Wildman–Crippen MR) is 68.8 cm³/mol. The number of hydrogen-bond donors (Lipinski definition) is 1. The van der Waals surface area contributed by atoms with Gasteiger partial charge in [-0.05, 0) is 30.5 Å². The van der Waals surface area contributed by atoms with Gasteiger partial charge in [0.05, 0.1) is 7.11 Å². The highest BCUT2D eigenvalue weighted by Gasteiger charge is 2.44. The van der Waals surface area contributed by atoms with Gasteiger partial charge in [-0.3, -0.25) is 4.79 Å². The second-order valence-electron chi connectivity index (χ2n) is 4.72. The molecular weight excluding hydrogens is 230 g/mol. The lowest BCUT2D eigenvalue weighted by molar-refractivity contribution is -0.124. The normalized spacial score (nSPS) is 16.1. The summed E-state index contributed by atoms with van der Waals surface area (Å²) in [7, 11) is 3.18. The fourth-order valence-corrected chi connectivity index (χ4v) is 2.11. The molecule has 1 aromatic rings. The lowest BCUT2D eigenvalue weighted by atomic mass is 9.96. The highest BCUT2D eigenvalue weighted by atomic mass is 16.5. The van der Waals surface area contributed by atoms with Gasteiger partial charge in [0.25, 0.3) is 0 Å². The number of nitrogens with one attached hydrogen (secondary N) is 1. The zero-order valence-corrected chi connectivity index (χ0v) is 10.9. The number of ether oxygens (including phenoxy) is 2. The van der Waals surface area contributed by atoms with Crippen LogP contribution in [0.1, 0.15) is 18.4 Å². The van der Waals surface area contributed by atoms with Crippen molar-refractivity contribution in [1.29, 1.82) is 0 Å². The second kappa shape index (κ2) is 5.40. The summed E-state index contributed by atoms with van der Waals surface area (Å²) in [4.78, 5) is 11.4. The van der Waals surface area contributed by atoms with Crippen LogP contribution >= 0.6 is 0 Å². The molecule has 0 unspecified atom stereocenters. The average Bonchev–Trinajstić information content (AvgIpc) is 3.18. The third kappa shape index (κ3) is 2.82. The molecule has 1 aliphatic rings. The van der Waals surface area contributed by atoms with Crippen LogP contribution in [-0.2, 0) is 14.9 Å². The maximum Gasteiger partial charge on any atom is 0.246 e. The molecule has 4 nitrogen and oxygen atoms in total. The van der Waals surface area contributed by atoms with Crippen LogP contribution in [0.3, 0.4) is 0 Å². The highest BCUT2D eigenvalue weighted by molar-refractivity contribution is 5.77. The van der Waals surface area contributed by atoms with Crippen molar-refractivity contribution >= 4 is 5.91 Å². The van der Waals surface area contributed by atoms with Crippen molar-refractivity contribution in [3.63, 3.8) is 0 Å². The molecule has 0 heterocycles. The number of amides is 1. The molecule has 0 bridgehead atoms. The summed E-state index contributed by atoms with van der Waals surface area (Å²) in [5.41, 5.74) is 1.39. The fraction of sp³-hybridized carbons (Fsp3) is 0.500. The molecule has 1 aliphatic carbocycles. The van der Waals surface area contributed by atoms with E-state index in [2.05, 4.69) is 17.4 Å². The van der Waals surface area contributed by atoms with Gasteiger partial charge in [-0.1, -0.05) is 12.1 Å². The molecule has 0 aromatic heterocycles. The van der Waals surface area contributed by atoms with Crippen LogP contribution in [0.15, 0.2) is 24.3 Å². The molecule has 0 aliphatic heterocycles. The van der Waals surface area contributed by atoms with Crippen LogP contribution < -0.4 is 10.1 Å². The van der Waals surface area contributed by atoms with Gasteiger partial charge < -0.3 is 14.8 Å². The molecule has 1 saturated carbocycles. The van der Waals surface area contributed by atoms with E-state index < -0.39 is 0 Å². The minimum atomic E-state index is -0.0581. The summed E-state index contributed by atoms with van der Waals surface area (Å²) >= 11 is 0. The minimum Gasteiger partial charge on any atom is -0.497 e. The predicted octanol–water partition coefficient (Wildman–Crippen LogP) is 1.49. The lowest BCUT2D eigenvalue weighted by Crippen LogP contribution is -2.34. The first-order chi connectivity index (χ1) is 8.70. The Labute approximate surface area is 107 Å². The van der Waals surface area contributed by atoms with E-state index in [-0.39, 0.29) is 17.9 Å². The van der Waals surface area contributed by atoms with Gasteiger partial charge in [-0.25, -0.2) is 0 Å². The number of carbonyl (C=O) groups is 1. The van der Waals surface area contributed by atoms with E-state index in [4.69, 9.17) is 9.47 Å². The van der Waals surface area contributed by atoms with E-state index in [1.807, 2.05) is 12.1 Å². The Balaban J connectivity index is 1.96. The maximum atomic E-state index is 11.4. The van der Waals surface area contributed by atoms with E-state index in [1.54, 1.807) is 7.11 Å². The third-order valence-electron chi connectivity index (χ3n) is 3.46. The number of hydrogen-bond acceptors (Lipinski definition) is 3. The average molecular weight is 249 g/mol. The van der Waals surface area contributed by atoms with Crippen molar-refractivity contribution in [2.45, 2.75) is 18.3 Å². The van der Waals surface area contributed by atoms with Gasteiger partial charge in [0.2, 0.25) is 5.91 Å². The molecule has 2 rings (SSSR count). The Morgan fingerprint density at radius 1 is 1.28 bits per heavy atom. The largest absolute Gasteiger partial charge is 0.497 e. The number of carbonyl (C=O) groups excluding carboxylic acids is 1. The van der Waals surface area contributed by atoms with Gasteiger partial charge in [0.15, 0.2) is 0 Å².